The van der Waals surface area contributed by atoms with Gasteiger partial charge >= 0.3 is 6.09 Å². The van der Waals surface area contributed by atoms with Crippen LogP contribution in [0, 0.1) is 0 Å². The van der Waals surface area contributed by atoms with Gasteiger partial charge in [-0.05, 0) is 30.3 Å². The Bertz CT molecular complexity index is 1840. The van der Waals surface area contributed by atoms with E-state index < -0.39 is 16.1 Å². The molecule has 0 spiro atoms. The second-order valence-corrected chi connectivity index (χ2v) is 11.1. The number of hydrogen-bond donors (Lipinski definition) is 2. The van der Waals surface area contributed by atoms with Gasteiger partial charge in [0.2, 0.25) is 0 Å². The molecule has 2 aromatic carbocycles. The number of nitrogens with zero attached hydrogens (tertiary/aromatic N) is 5. The summed E-state index contributed by atoms with van der Waals surface area (Å²) in [5.41, 5.74) is 2.45. The third-order valence-corrected chi connectivity index (χ3v) is 8.76. The lowest BCUT2D eigenvalue weighted by Gasteiger charge is -2.34. The van der Waals surface area contributed by atoms with Crippen molar-refractivity contribution < 1.29 is 23.1 Å². The van der Waals surface area contributed by atoms with E-state index in [-0.39, 0.29) is 4.90 Å². The van der Waals surface area contributed by atoms with Crippen molar-refractivity contribution in [3.8, 4) is 5.75 Å². The minimum Gasteiger partial charge on any atom is -0.494 e. The summed E-state index contributed by atoms with van der Waals surface area (Å²) in [6, 6.07) is 17.8. The maximum absolute atomic E-state index is 13.8. The van der Waals surface area contributed by atoms with Crippen molar-refractivity contribution in [2.45, 2.75) is 4.90 Å². The molecule has 3 aromatic heterocycles. The molecule has 0 bridgehead atoms. The summed E-state index contributed by atoms with van der Waals surface area (Å²) in [5.74, 6) is 1.02. The number of para-hydroxylation sites is 1. The molecule has 12 heteroatoms. The summed E-state index contributed by atoms with van der Waals surface area (Å²) < 4.78 is 34.4. The van der Waals surface area contributed by atoms with Crippen LogP contribution in [0.5, 0.6) is 5.75 Å². The first-order chi connectivity index (χ1) is 19.3. The van der Waals surface area contributed by atoms with E-state index in [9.17, 15) is 18.3 Å². The Morgan fingerprint density at radius 1 is 0.975 bits per heavy atom. The molecule has 4 heterocycles. The van der Waals surface area contributed by atoms with Crippen molar-refractivity contribution in [1.82, 2.24) is 18.8 Å². The minimum atomic E-state index is -3.95. The lowest BCUT2D eigenvalue weighted by atomic mass is 10.2. The molecule has 0 atom stereocenters. The third kappa shape index (κ3) is 4.51. The average Bonchev–Trinajstić information content (AvgIpc) is 3.41. The van der Waals surface area contributed by atoms with Crippen molar-refractivity contribution in [1.29, 1.82) is 0 Å². The first kappa shape index (κ1) is 25.4. The number of anilines is 3. The Hall–Kier alpha value is -4.84. The number of ether oxygens (including phenoxy) is 1. The van der Waals surface area contributed by atoms with Gasteiger partial charge in [0, 0.05) is 73.4 Å². The minimum absolute atomic E-state index is 0.121. The Kier molecular flexibility index (Phi) is 6.39. The second-order valence-electron chi connectivity index (χ2n) is 9.34. The standard InChI is InChI=1S/C28H26N6O5S/c1-39-24-16-21(32-12-14-33(15-13-32)28(35)36)7-8-22(24)31-26-17-23-20(18-30-26)9-11-34(23)40(37,38)25-6-2-4-19-5-3-10-29-27(19)25/h2-11,16-18H,12-15H2,1H3,(H,30,31)(H,35,36). The van der Waals surface area contributed by atoms with Crippen LogP contribution in [-0.4, -0.2) is 71.7 Å². The number of aromatic nitrogens is 3. The van der Waals surface area contributed by atoms with Gasteiger partial charge in [-0.2, -0.15) is 0 Å². The largest absolute Gasteiger partial charge is 0.494 e. The Morgan fingerprint density at radius 2 is 1.77 bits per heavy atom. The molecule has 0 aliphatic carbocycles. The Labute approximate surface area is 230 Å². The van der Waals surface area contributed by atoms with Crippen molar-refractivity contribution in [2.24, 2.45) is 0 Å². The quantitative estimate of drug-likeness (QED) is 0.312. The second kappa shape index (κ2) is 10.0. The fraction of sp³-hybridized carbons (Fsp3) is 0.179. The van der Waals surface area contributed by atoms with Crippen LogP contribution >= 0.6 is 0 Å². The van der Waals surface area contributed by atoms with Crippen molar-refractivity contribution in [2.75, 3.05) is 43.5 Å². The number of nitrogens with one attached hydrogen (secondary N) is 1. The molecule has 11 nitrogen and oxygen atoms in total. The molecule has 204 valence electrons. The molecule has 2 N–H and O–H groups in total. The number of carboxylic acid groups (broad SMARTS) is 1. The van der Waals surface area contributed by atoms with Crippen LogP contribution < -0.4 is 15.0 Å². The van der Waals surface area contributed by atoms with Gasteiger partial charge in [-0.3, -0.25) is 4.98 Å². The fourth-order valence-corrected chi connectivity index (χ4v) is 6.46. The summed E-state index contributed by atoms with van der Waals surface area (Å²) in [7, 11) is -2.38. The van der Waals surface area contributed by atoms with Gasteiger partial charge in [0.1, 0.15) is 16.5 Å². The number of methoxy groups -OCH3 is 1. The van der Waals surface area contributed by atoms with Crippen LogP contribution in [0.1, 0.15) is 0 Å². The zero-order chi connectivity index (χ0) is 27.9. The van der Waals surface area contributed by atoms with Crippen LogP contribution in [0.2, 0.25) is 0 Å². The number of carbonyl (C=O) groups is 1. The predicted octanol–water partition coefficient (Wildman–Crippen LogP) is 4.37. The molecule has 0 saturated carbocycles. The molecule has 0 radical (unpaired) electrons. The first-order valence-corrected chi connectivity index (χ1v) is 14.0. The summed E-state index contributed by atoms with van der Waals surface area (Å²) >= 11 is 0. The van der Waals surface area contributed by atoms with Gasteiger partial charge in [0.25, 0.3) is 10.0 Å². The van der Waals surface area contributed by atoms with E-state index >= 15 is 0 Å². The highest BCUT2D eigenvalue weighted by Crippen LogP contribution is 2.33. The number of fused-ring (bicyclic) bond motifs is 2. The summed E-state index contributed by atoms with van der Waals surface area (Å²) in [4.78, 5) is 23.6. The van der Waals surface area contributed by atoms with E-state index in [2.05, 4.69) is 20.2 Å². The highest BCUT2D eigenvalue weighted by atomic mass is 32.2. The molecule has 1 aliphatic heterocycles. The molecule has 5 aromatic rings. The number of benzene rings is 2. The van der Waals surface area contributed by atoms with E-state index in [1.165, 1.54) is 15.1 Å². The molecule has 40 heavy (non-hydrogen) atoms. The van der Waals surface area contributed by atoms with Crippen LogP contribution in [-0.2, 0) is 10.0 Å². The summed E-state index contributed by atoms with van der Waals surface area (Å²) in [6.45, 7) is 2.02. The lowest BCUT2D eigenvalue weighted by molar-refractivity contribution is 0.142. The first-order valence-electron chi connectivity index (χ1n) is 12.6. The van der Waals surface area contributed by atoms with E-state index in [0.717, 1.165) is 11.1 Å². The van der Waals surface area contributed by atoms with Crippen LogP contribution in [0.4, 0.5) is 22.0 Å². The molecular formula is C28H26N6O5S. The molecule has 1 fully saturated rings. The molecule has 1 saturated heterocycles. The molecule has 1 aliphatic rings. The molecule has 0 unspecified atom stereocenters. The summed E-state index contributed by atoms with van der Waals surface area (Å²) in [6.07, 6.45) is 3.81. The van der Waals surface area contributed by atoms with Crippen molar-refractivity contribution in [3.05, 3.63) is 79.3 Å². The lowest BCUT2D eigenvalue weighted by Crippen LogP contribution is -2.48. The molecular weight excluding hydrogens is 532 g/mol. The Balaban J connectivity index is 1.30. The van der Waals surface area contributed by atoms with Crippen LogP contribution in [0.25, 0.3) is 21.8 Å². The van der Waals surface area contributed by atoms with Crippen LogP contribution in [0.15, 0.2) is 84.1 Å². The number of rotatable bonds is 6. The highest BCUT2D eigenvalue weighted by molar-refractivity contribution is 7.90. The number of amides is 1. The van der Waals surface area contributed by atoms with Crippen LogP contribution in [0.3, 0.4) is 0 Å². The molecule has 1 amide bonds. The van der Waals surface area contributed by atoms with Gasteiger partial charge in [0.05, 0.1) is 23.8 Å². The SMILES string of the molecule is COc1cc(N2CCN(C(=O)O)CC2)ccc1Nc1cc2c(ccn2S(=O)(=O)c2cccc3cccnc23)cn1. The third-order valence-electron chi connectivity index (χ3n) is 7.03. The smallest absolute Gasteiger partial charge is 0.407 e. The summed E-state index contributed by atoms with van der Waals surface area (Å²) in [5, 5.41) is 13.9. The van der Waals surface area contributed by atoms with E-state index in [1.54, 1.807) is 49.8 Å². The zero-order valence-electron chi connectivity index (χ0n) is 21.6. The van der Waals surface area contributed by atoms with Crippen molar-refractivity contribution >= 4 is 55.1 Å². The number of hydrogen-bond acceptors (Lipinski definition) is 8. The van der Waals surface area contributed by atoms with Gasteiger partial charge in [-0.1, -0.05) is 18.2 Å². The van der Waals surface area contributed by atoms with E-state index in [1.807, 2.05) is 30.3 Å². The van der Waals surface area contributed by atoms with E-state index in [0.29, 0.717) is 59.9 Å². The van der Waals surface area contributed by atoms with E-state index in [4.69, 9.17) is 4.74 Å². The normalized spacial score (nSPS) is 14.0. The fourth-order valence-electron chi connectivity index (χ4n) is 4.94. The number of pyridine rings is 2. The average molecular weight is 559 g/mol. The zero-order valence-corrected chi connectivity index (χ0v) is 22.4. The van der Waals surface area contributed by atoms with Gasteiger partial charge in [-0.15, -0.1) is 0 Å². The maximum atomic E-state index is 13.8. The monoisotopic (exact) mass is 558 g/mol. The highest BCUT2D eigenvalue weighted by Gasteiger charge is 2.23. The maximum Gasteiger partial charge on any atom is 0.407 e. The topological polar surface area (TPSA) is 130 Å². The van der Waals surface area contributed by atoms with Gasteiger partial charge in [0.15, 0.2) is 0 Å². The van der Waals surface area contributed by atoms with Crippen molar-refractivity contribution in [3.63, 3.8) is 0 Å². The van der Waals surface area contributed by atoms with Gasteiger partial charge in [-0.25, -0.2) is 22.2 Å². The molecule has 6 rings (SSSR count). The van der Waals surface area contributed by atoms with Gasteiger partial charge < -0.3 is 25.0 Å². The Morgan fingerprint density at radius 3 is 2.55 bits per heavy atom. The number of piperazine rings is 1. The predicted molar refractivity (Wildman–Crippen MR) is 152 cm³/mol.